The molecule has 1 amide bonds. The maximum absolute atomic E-state index is 12.2. The van der Waals surface area contributed by atoms with Crippen molar-refractivity contribution in [3.8, 4) is 11.8 Å². The number of amides is 1. The van der Waals surface area contributed by atoms with Gasteiger partial charge in [0.1, 0.15) is 17.9 Å². The van der Waals surface area contributed by atoms with Crippen LogP contribution in [0.5, 0.6) is 5.75 Å². The summed E-state index contributed by atoms with van der Waals surface area (Å²) in [6.07, 6.45) is 7.41. The van der Waals surface area contributed by atoms with Gasteiger partial charge >= 0.3 is 0 Å². The highest BCUT2D eigenvalue weighted by molar-refractivity contribution is 6.00. The average molecular weight is 432 g/mol. The monoisotopic (exact) mass is 431 g/mol. The van der Waals surface area contributed by atoms with Gasteiger partial charge in [-0.05, 0) is 92.3 Å². The van der Waals surface area contributed by atoms with Gasteiger partial charge in [-0.1, -0.05) is 24.2 Å². The second kappa shape index (κ2) is 10.3. The van der Waals surface area contributed by atoms with E-state index < -0.39 is 0 Å². The van der Waals surface area contributed by atoms with Gasteiger partial charge in [0, 0.05) is 0 Å². The van der Waals surface area contributed by atoms with Crippen molar-refractivity contribution in [1.29, 1.82) is 5.26 Å². The molecule has 0 radical (unpaired) electrons. The molecular weight excluding hydrogens is 402 g/mol. The number of nitriles is 1. The lowest BCUT2D eigenvalue weighted by molar-refractivity contribution is -0.118. The molecule has 1 atom stereocenters. The van der Waals surface area contributed by atoms with E-state index in [0.717, 1.165) is 30.0 Å². The summed E-state index contributed by atoms with van der Waals surface area (Å²) in [5.74, 6) is 1.75. The van der Waals surface area contributed by atoms with E-state index in [2.05, 4.69) is 23.5 Å². The van der Waals surface area contributed by atoms with Crippen LogP contribution in [-0.4, -0.2) is 24.3 Å². The van der Waals surface area contributed by atoms with Crippen LogP contribution in [0.1, 0.15) is 56.6 Å². The number of rotatable bonds is 8. The van der Waals surface area contributed by atoms with Crippen molar-refractivity contribution in [3.05, 3.63) is 59.7 Å². The Morgan fingerprint density at radius 3 is 2.53 bits per heavy atom. The number of anilines is 1. The van der Waals surface area contributed by atoms with Gasteiger partial charge in [-0.25, -0.2) is 0 Å². The molecule has 6 nitrogen and oxygen atoms in total. The van der Waals surface area contributed by atoms with Crippen LogP contribution in [0.2, 0.25) is 0 Å². The molecule has 3 saturated carbocycles. The summed E-state index contributed by atoms with van der Waals surface area (Å²) in [5, 5.41) is 16.3. The lowest BCUT2D eigenvalue weighted by Crippen LogP contribution is -2.36. The third kappa shape index (κ3) is 5.28. The van der Waals surface area contributed by atoms with Gasteiger partial charge in [0.05, 0.1) is 17.0 Å². The highest BCUT2D eigenvalue weighted by Crippen LogP contribution is 2.42. The molecule has 5 rings (SSSR count). The standard InChI is InChI=1S/C26H29N3O3/c1-2-23(29-32-25-15-18-7-9-20(25)10-8-18)19-11-13-22(14-12-19)31-17-26(30)28-24-6-4-3-5-21(24)16-27/h3-6,11-14,18,20,25H,2,7-10,15,17H2,1H3,(H,28,30)/b29-23-. The van der Waals surface area contributed by atoms with E-state index >= 15 is 0 Å². The molecule has 32 heavy (non-hydrogen) atoms. The van der Waals surface area contributed by atoms with E-state index in [1.54, 1.807) is 24.3 Å². The first-order valence-electron chi connectivity index (χ1n) is 11.4. The Kier molecular flexibility index (Phi) is 7.06. The number of oxime groups is 1. The second-order valence-corrected chi connectivity index (χ2v) is 8.57. The molecule has 6 heteroatoms. The van der Waals surface area contributed by atoms with Crippen molar-refractivity contribution in [1.82, 2.24) is 0 Å². The van der Waals surface area contributed by atoms with Gasteiger partial charge in [0.15, 0.2) is 6.61 Å². The van der Waals surface area contributed by atoms with E-state index in [1.807, 2.05) is 24.3 Å². The lowest BCUT2D eigenvalue weighted by atomic mass is 9.69. The molecule has 0 heterocycles. The maximum Gasteiger partial charge on any atom is 0.262 e. The molecule has 166 valence electrons. The smallest absolute Gasteiger partial charge is 0.262 e. The molecule has 3 aliphatic rings. The molecule has 0 saturated heterocycles. The lowest BCUT2D eigenvalue weighted by Gasteiger charge is -2.40. The Balaban J connectivity index is 1.31. The van der Waals surface area contributed by atoms with Crippen LogP contribution in [0.4, 0.5) is 5.69 Å². The fraction of sp³-hybridized carbons (Fsp3) is 0.423. The number of nitrogens with zero attached hydrogens (tertiary/aromatic N) is 2. The van der Waals surface area contributed by atoms with Crippen LogP contribution in [0.3, 0.4) is 0 Å². The van der Waals surface area contributed by atoms with Crippen molar-refractivity contribution in [3.63, 3.8) is 0 Å². The van der Waals surface area contributed by atoms with Crippen molar-refractivity contribution in [2.24, 2.45) is 17.0 Å². The van der Waals surface area contributed by atoms with E-state index in [4.69, 9.17) is 14.8 Å². The number of carbonyl (C=O) groups excluding carboxylic acids is 1. The van der Waals surface area contributed by atoms with Crippen molar-refractivity contribution in [2.75, 3.05) is 11.9 Å². The molecule has 0 aliphatic heterocycles. The molecule has 1 unspecified atom stereocenters. The Labute approximate surface area is 189 Å². The summed E-state index contributed by atoms with van der Waals surface area (Å²) in [6.45, 7) is 1.93. The van der Waals surface area contributed by atoms with Gasteiger partial charge in [-0.15, -0.1) is 0 Å². The summed E-state index contributed by atoms with van der Waals surface area (Å²) < 4.78 is 5.60. The first-order valence-corrected chi connectivity index (χ1v) is 11.4. The maximum atomic E-state index is 12.2. The summed E-state index contributed by atoms with van der Waals surface area (Å²) in [7, 11) is 0. The third-order valence-electron chi connectivity index (χ3n) is 6.50. The van der Waals surface area contributed by atoms with Gasteiger partial charge in [-0.3, -0.25) is 4.79 Å². The van der Waals surface area contributed by atoms with Crippen LogP contribution in [-0.2, 0) is 9.63 Å². The first-order chi connectivity index (χ1) is 15.7. The summed E-state index contributed by atoms with van der Waals surface area (Å²) in [6, 6.07) is 16.5. The Bertz CT molecular complexity index is 1000. The van der Waals surface area contributed by atoms with E-state index in [0.29, 0.717) is 22.9 Å². The third-order valence-corrected chi connectivity index (χ3v) is 6.50. The zero-order valence-corrected chi connectivity index (χ0v) is 18.4. The minimum absolute atomic E-state index is 0.138. The van der Waals surface area contributed by atoms with Gasteiger partial charge < -0.3 is 14.9 Å². The van der Waals surface area contributed by atoms with Gasteiger partial charge in [-0.2, -0.15) is 5.26 Å². The summed E-state index contributed by atoms with van der Waals surface area (Å²) in [4.78, 5) is 18.2. The molecule has 2 bridgehead atoms. The number of fused-ring (bicyclic) bond motifs is 3. The number of hydrogen-bond acceptors (Lipinski definition) is 5. The number of benzene rings is 2. The highest BCUT2D eigenvalue weighted by atomic mass is 16.6. The normalized spacial score (nSPS) is 22.1. The average Bonchev–Trinajstić information content (AvgIpc) is 2.85. The van der Waals surface area contributed by atoms with Crippen LogP contribution in [0.25, 0.3) is 0 Å². The minimum Gasteiger partial charge on any atom is -0.484 e. The summed E-state index contributed by atoms with van der Waals surface area (Å²) in [5.41, 5.74) is 2.81. The SMILES string of the molecule is CC/C(=N/OC1CC2CCC1CC2)c1ccc(OCC(=O)Nc2ccccc2C#N)cc1. The van der Waals surface area contributed by atoms with Crippen LogP contribution < -0.4 is 10.1 Å². The fourth-order valence-corrected chi connectivity index (χ4v) is 4.67. The number of para-hydroxylation sites is 1. The molecule has 1 N–H and O–H groups in total. The molecule has 2 aromatic carbocycles. The number of hydrogen-bond donors (Lipinski definition) is 1. The Hall–Kier alpha value is -3.33. The van der Waals surface area contributed by atoms with E-state index in [1.165, 1.54) is 25.7 Å². The summed E-state index contributed by atoms with van der Waals surface area (Å²) >= 11 is 0. The zero-order chi connectivity index (χ0) is 22.3. The Morgan fingerprint density at radius 2 is 1.88 bits per heavy atom. The van der Waals surface area contributed by atoms with Crippen LogP contribution in [0.15, 0.2) is 53.7 Å². The molecule has 0 aromatic heterocycles. The van der Waals surface area contributed by atoms with Crippen molar-refractivity contribution < 1.29 is 14.4 Å². The molecule has 3 fully saturated rings. The van der Waals surface area contributed by atoms with Crippen molar-refractivity contribution in [2.45, 2.75) is 51.6 Å². The van der Waals surface area contributed by atoms with Gasteiger partial charge in [0.2, 0.25) is 0 Å². The molecule has 0 spiro atoms. The topological polar surface area (TPSA) is 83.7 Å². The molecular formula is C26H29N3O3. The highest BCUT2D eigenvalue weighted by Gasteiger charge is 2.37. The fourth-order valence-electron chi connectivity index (χ4n) is 4.67. The predicted octanol–water partition coefficient (Wildman–Crippen LogP) is 5.29. The number of carbonyl (C=O) groups is 1. The second-order valence-electron chi connectivity index (χ2n) is 8.57. The Morgan fingerprint density at radius 1 is 1.12 bits per heavy atom. The van der Waals surface area contributed by atoms with Crippen molar-refractivity contribution >= 4 is 17.3 Å². The minimum atomic E-state index is -0.317. The quantitative estimate of drug-likeness (QED) is 0.455. The van der Waals surface area contributed by atoms with Gasteiger partial charge in [0.25, 0.3) is 5.91 Å². The first kappa shape index (κ1) is 21.9. The van der Waals surface area contributed by atoms with Crippen LogP contribution >= 0.6 is 0 Å². The zero-order valence-electron chi connectivity index (χ0n) is 18.4. The van der Waals surface area contributed by atoms with E-state index in [-0.39, 0.29) is 18.6 Å². The predicted molar refractivity (Wildman–Crippen MR) is 123 cm³/mol. The largest absolute Gasteiger partial charge is 0.484 e. The number of nitrogens with one attached hydrogen (secondary N) is 1. The van der Waals surface area contributed by atoms with E-state index in [9.17, 15) is 4.79 Å². The van der Waals surface area contributed by atoms with Crippen LogP contribution in [0, 0.1) is 23.2 Å². The molecule has 2 aromatic rings. The molecule has 3 aliphatic carbocycles. The number of ether oxygens (including phenoxy) is 1.